The quantitative estimate of drug-likeness (QED) is 0.604. The standard InChI is InChI=1S/C25H21N3O5/c1-33-20-7-3-5-14-4-2-6-17(22(14)20)23(30)26-16-9-8-15-13-28(25(32)18(15)12-16)19-10-11-21(29)27-24(19)31/h2-9,12,19H,10-11,13H2,1H3,(H,26,30)(H,27,29,31). The first-order chi connectivity index (χ1) is 16.0. The van der Waals surface area contributed by atoms with Crippen LogP contribution in [0.4, 0.5) is 5.69 Å². The number of benzene rings is 3. The van der Waals surface area contributed by atoms with Gasteiger partial charge in [-0.15, -0.1) is 0 Å². The van der Waals surface area contributed by atoms with E-state index in [-0.39, 0.29) is 30.7 Å². The number of carbonyl (C=O) groups excluding carboxylic acids is 4. The Morgan fingerprint density at radius 1 is 1.09 bits per heavy atom. The van der Waals surface area contributed by atoms with Gasteiger partial charge in [-0.1, -0.05) is 30.3 Å². The van der Waals surface area contributed by atoms with E-state index in [0.29, 0.717) is 34.4 Å². The van der Waals surface area contributed by atoms with Gasteiger partial charge in [-0.3, -0.25) is 24.5 Å². The van der Waals surface area contributed by atoms with Crippen LogP contribution in [-0.2, 0) is 16.1 Å². The van der Waals surface area contributed by atoms with Crippen molar-refractivity contribution in [1.29, 1.82) is 0 Å². The molecule has 0 radical (unpaired) electrons. The van der Waals surface area contributed by atoms with Crippen LogP contribution >= 0.6 is 0 Å². The molecule has 1 saturated heterocycles. The highest BCUT2D eigenvalue weighted by Crippen LogP contribution is 2.31. The second-order valence-electron chi connectivity index (χ2n) is 8.09. The van der Waals surface area contributed by atoms with Gasteiger partial charge in [0.05, 0.1) is 12.7 Å². The number of ether oxygens (including phenoxy) is 1. The normalized spacial score (nSPS) is 17.7. The van der Waals surface area contributed by atoms with E-state index in [1.165, 1.54) is 4.90 Å². The van der Waals surface area contributed by atoms with Gasteiger partial charge in [0.25, 0.3) is 11.8 Å². The van der Waals surface area contributed by atoms with Crippen LogP contribution in [0.2, 0.25) is 0 Å². The predicted molar refractivity (Wildman–Crippen MR) is 121 cm³/mol. The summed E-state index contributed by atoms with van der Waals surface area (Å²) in [5.74, 6) is -0.788. The Hall–Kier alpha value is -4.20. The molecule has 0 saturated carbocycles. The summed E-state index contributed by atoms with van der Waals surface area (Å²) in [5.41, 5.74) is 2.15. The minimum absolute atomic E-state index is 0.201. The summed E-state index contributed by atoms with van der Waals surface area (Å²) in [5, 5.41) is 6.76. The van der Waals surface area contributed by atoms with E-state index < -0.39 is 11.9 Å². The van der Waals surface area contributed by atoms with Gasteiger partial charge in [0.2, 0.25) is 11.8 Å². The highest BCUT2D eigenvalue weighted by Gasteiger charge is 2.39. The van der Waals surface area contributed by atoms with Crippen LogP contribution in [-0.4, -0.2) is 41.7 Å². The van der Waals surface area contributed by atoms with Crippen molar-refractivity contribution in [2.75, 3.05) is 12.4 Å². The fourth-order valence-corrected chi connectivity index (χ4v) is 4.50. The maximum absolute atomic E-state index is 13.1. The van der Waals surface area contributed by atoms with Crippen LogP contribution in [0.15, 0.2) is 54.6 Å². The summed E-state index contributed by atoms with van der Waals surface area (Å²) >= 11 is 0. The lowest BCUT2D eigenvalue weighted by atomic mass is 10.0. The van der Waals surface area contributed by atoms with Crippen LogP contribution in [0.25, 0.3) is 10.8 Å². The molecule has 1 fully saturated rings. The van der Waals surface area contributed by atoms with Crippen molar-refractivity contribution in [3.63, 3.8) is 0 Å². The van der Waals surface area contributed by atoms with E-state index in [1.54, 1.807) is 43.5 Å². The number of piperidine rings is 1. The molecule has 166 valence electrons. The van der Waals surface area contributed by atoms with Crippen LogP contribution in [0.5, 0.6) is 5.75 Å². The Morgan fingerprint density at radius 2 is 1.88 bits per heavy atom. The van der Waals surface area contributed by atoms with E-state index in [2.05, 4.69) is 10.6 Å². The van der Waals surface area contributed by atoms with Crippen molar-refractivity contribution < 1.29 is 23.9 Å². The van der Waals surface area contributed by atoms with Crippen LogP contribution in [0.1, 0.15) is 39.1 Å². The average molecular weight is 443 g/mol. The lowest BCUT2D eigenvalue weighted by Crippen LogP contribution is -2.52. The zero-order valence-electron chi connectivity index (χ0n) is 17.9. The fraction of sp³-hybridized carbons (Fsp3) is 0.200. The van der Waals surface area contributed by atoms with Gasteiger partial charge in [-0.05, 0) is 41.6 Å². The third-order valence-corrected chi connectivity index (χ3v) is 6.12. The molecule has 8 heteroatoms. The number of amides is 4. The molecule has 8 nitrogen and oxygen atoms in total. The largest absolute Gasteiger partial charge is 0.496 e. The maximum Gasteiger partial charge on any atom is 0.256 e. The summed E-state index contributed by atoms with van der Waals surface area (Å²) in [7, 11) is 1.56. The predicted octanol–water partition coefficient (Wildman–Crippen LogP) is 2.86. The van der Waals surface area contributed by atoms with E-state index in [1.807, 2.05) is 18.2 Å². The lowest BCUT2D eigenvalue weighted by molar-refractivity contribution is -0.136. The van der Waals surface area contributed by atoms with Crippen molar-refractivity contribution in [3.05, 3.63) is 71.3 Å². The topological polar surface area (TPSA) is 105 Å². The fourth-order valence-electron chi connectivity index (χ4n) is 4.50. The van der Waals surface area contributed by atoms with Gasteiger partial charge in [-0.2, -0.15) is 0 Å². The number of hydrogen-bond acceptors (Lipinski definition) is 5. The van der Waals surface area contributed by atoms with E-state index in [0.717, 1.165) is 10.9 Å². The van der Waals surface area contributed by atoms with E-state index in [4.69, 9.17) is 4.74 Å². The molecular weight excluding hydrogens is 422 g/mol. The Labute approximate surface area is 189 Å². The third kappa shape index (κ3) is 3.59. The van der Waals surface area contributed by atoms with Gasteiger partial charge >= 0.3 is 0 Å². The van der Waals surface area contributed by atoms with Gasteiger partial charge < -0.3 is 15.0 Å². The van der Waals surface area contributed by atoms with Crippen molar-refractivity contribution in [3.8, 4) is 5.75 Å². The minimum Gasteiger partial charge on any atom is -0.496 e. The highest BCUT2D eigenvalue weighted by molar-refractivity contribution is 6.15. The molecular formula is C25H21N3O5. The summed E-state index contributed by atoms with van der Waals surface area (Å²) in [6.45, 7) is 0.287. The Balaban J connectivity index is 1.40. The number of fused-ring (bicyclic) bond motifs is 2. The zero-order chi connectivity index (χ0) is 23.1. The van der Waals surface area contributed by atoms with Crippen molar-refractivity contribution in [2.24, 2.45) is 0 Å². The smallest absolute Gasteiger partial charge is 0.256 e. The second kappa shape index (κ2) is 8.05. The molecule has 3 aromatic rings. The van der Waals surface area contributed by atoms with Gasteiger partial charge in [0.1, 0.15) is 11.8 Å². The zero-order valence-corrected chi connectivity index (χ0v) is 17.9. The monoisotopic (exact) mass is 443 g/mol. The molecule has 0 bridgehead atoms. The van der Waals surface area contributed by atoms with Crippen molar-refractivity contribution in [1.82, 2.24) is 10.2 Å². The highest BCUT2D eigenvalue weighted by atomic mass is 16.5. The Morgan fingerprint density at radius 3 is 2.64 bits per heavy atom. The number of anilines is 1. The molecule has 2 N–H and O–H groups in total. The van der Waals surface area contributed by atoms with Crippen LogP contribution in [0.3, 0.4) is 0 Å². The van der Waals surface area contributed by atoms with Crippen LogP contribution < -0.4 is 15.4 Å². The molecule has 3 aromatic carbocycles. The van der Waals surface area contributed by atoms with Gasteiger partial charge in [-0.25, -0.2) is 0 Å². The molecule has 1 atom stereocenters. The summed E-state index contributed by atoms with van der Waals surface area (Å²) in [6.07, 6.45) is 0.503. The van der Waals surface area contributed by atoms with Crippen molar-refractivity contribution >= 4 is 40.1 Å². The summed E-state index contributed by atoms with van der Waals surface area (Å²) in [6, 6.07) is 15.5. The van der Waals surface area contributed by atoms with Crippen molar-refractivity contribution in [2.45, 2.75) is 25.4 Å². The van der Waals surface area contributed by atoms with E-state index >= 15 is 0 Å². The summed E-state index contributed by atoms with van der Waals surface area (Å²) < 4.78 is 5.44. The summed E-state index contributed by atoms with van der Waals surface area (Å²) in [4.78, 5) is 51.3. The van der Waals surface area contributed by atoms with Gasteiger partial charge in [0, 0.05) is 29.6 Å². The number of nitrogens with zero attached hydrogens (tertiary/aromatic N) is 1. The first kappa shape index (κ1) is 20.7. The molecule has 0 aliphatic carbocycles. The van der Waals surface area contributed by atoms with Gasteiger partial charge in [0.15, 0.2) is 0 Å². The maximum atomic E-state index is 13.1. The molecule has 4 amide bonds. The number of hydrogen-bond donors (Lipinski definition) is 2. The molecule has 2 aliphatic heterocycles. The molecule has 2 aliphatic rings. The Kier molecular flexibility index (Phi) is 5.05. The number of rotatable bonds is 4. The Bertz CT molecular complexity index is 1330. The molecule has 2 heterocycles. The minimum atomic E-state index is -0.677. The molecule has 5 rings (SSSR count). The third-order valence-electron chi connectivity index (χ3n) is 6.12. The number of methoxy groups -OCH3 is 1. The number of imide groups is 1. The molecule has 1 unspecified atom stereocenters. The van der Waals surface area contributed by atoms with E-state index in [9.17, 15) is 19.2 Å². The lowest BCUT2D eigenvalue weighted by Gasteiger charge is -2.29. The first-order valence-corrected chi connectivity index (χ1v) is 10.6. The molecule has 0 spiro atoms. The molecule has 0 aromatic heterocycles. The second-order valence-corrected chi connectivity index (χ2v) is 8.09. The molecule has 33 heavy (non-hydrogen) atoms. The first-order valence-electron chi connectivity index (χ1n) is 10.6. The SMILES string of the molecule is COc1cccc2cccc(C(=O)Nc3ccc4c(c3)C(=O)N(C3CCC(=O)NC3=O)C4)c12. The number of carbonyl (C=O) groups is 4. The average Bonchev–Trinajstić information content (AvgIpc) is 3.14. The van der Waals surface area contributed by atoms with Crippen LogP contribution in [0, 0.1) is 0 Å². The number of nitrogens with one attached hydrogen (secondary N) is 2.